The van der Waals surface area contributed by atoms with Crippen LogP contribution in [0.1, 0.15) is 19.3 Å². The van der Waals surface area contributed by atoms with Gasteiger partial charge in [-0.2, -0.15) is 0 Å². The van der Waals surface area contributed by atoms with Crippen LogP contribution in [0.15, 0.2) is 0 Å². The molecule has 0 bridgehead atoms. The van der Waals surface area contributed by atoms with Crippen LogP contribution in [0.4, 0.5) is 0 Å². The van der Waals surface area contributed by atoms with Gasteiger partial charge in [-0.15, -0.1) is 0 Å². The molecule has 0 aromatic rings. The van der Waals surface area contributed by atoms with Gasteiger partial charge in [0.05, 0.1) is 0 Å². The highest BCUT2D eigenvalue weighted by Crippen LogP contribution is 2.21. The maximum Gasteiger partial charge on any atom is 0.320 e. The van der Waals surface area contributed by atoms with Gasteiger partial charge in [-0.05, 0) is 25.3 Å². The second kappa shape index (κ2) is 5.24. The first-order valence-electron chi connectivity index (χ1n) is 4.82. The Morgan fingerprint density at radius 2 is 2.38 bits per heavy atom. The molecule has 1 aliphatic rings. The maximum absolute atomic E-state index is 10.7. The lowest BCUT2D eigenvalue weighted by Gasteiger charge is -2.14. The van der Waals surface area contributed by atoms with E-state index < -0.39 is 5.97 Å². The third-order valence-corrected chi connectivity index (χ3v) is 2.60. The van der Waals surface area contributed by atoms with Crippen molar-refractivity contribution in [2.24, 2.45) is 5.92 Å². The van der Waals surface area contributed by atoms with Crippen molar-refractivity contribution >= 4 is 13.5 Å². The van der Waals surface area contributed by atoms with Gasteiger partial charge in [-0.3, -0.25) is 4.79 Å². The van der Waals surface area contributed by atoms with Gasteiger partial charge in [0, 0.05) is 0 Å². The Bertz CT molecular complexity index is 177. The normalized spacial score (nSPS) is 27.5. The lowest BCUT2D eigenvalue weighted by Crippen LogP contribution is -2.35. The molecule has 0 radical (unpaired) electrons. The topological polar surface area (TPSA) is 69.6 Å². The summed E-state index contributed by atoms with van der Waals surface area (Å²) in [6.07, 6.45) is 3.56. The largest absolute Gasteiger partial charge is 0.480 e. The van der Waals surface area contributed by atoms with Crippen LogP contribution in [0.5, 0.6) is 0 Å². The van der Waals surface area contributed by atoms with Gasteiger partial charge < -0.3 is 15.4 Å². The first-order valence-corrected chi connectivity index (χ1v) is 4.82. The van der Waals surface area contributed by atoms with Crippen LogP contribution in [-0.4, -0.2) is 36.2 Å². The van der Waals surface area contributed by atoms with E-state index in [0.29, 0.717) is 0 Å². The van der Waals surface area contributed by atoms with E-state index in [4.69, 9.17) is 10.1 Å². The average molecular weight is 185 g/mol. The summed E-state index contributed by atoms with van der Waals surface area (Å²) in [6, 6.07) is -0.362. The minimum Gasteiger partial charge on any atom is -0.480 e. The Morgan fingerprint density at radius 3 is 3.00 bits per heavy atom. The Kier molecular flexibility index (Phi) is 4.25. The molecular weight excluding hydrogens is 169 g/mol. The van der Waals surface area contributed by atoms with Crippen LogP contribution in [0, 0.1) is 5.92 Å². The third kappa shape index (κ3) is 3.01. The summed E-state index contributed by atoms with van der Waals surface area (Å²) in [6.45, 7) is 0.806. The molecule has 0 aromatic carbocycles. The Hall–Kier alpha value is -0.545. The molecule has 0 amide bonds. The summed E-state index contributed by atoms with van der Waals surface area (Å²) < 4.78 is 0. The van der Waals surface area contributed by atoms with Crippen molar-refractivity contribution in [3.05, 3.63) is 0 Å². The van der Waals surface area contributed by atoms with E-state index in [1.165, 1.54) is 0 Å². The molecule has 4 nitrogen and oxygen atoms in total. The number of rotatable bonds is 5. The van der Waals surface area contributed by atoms with Gasteiger partial charge in [0.15, 0.2) is 0 Å². The van der Waals surface area contributed by atoms with Crippen molar-refractivity contribution in [1.29, 1.82) is 0 Å². The monoisotopic (exact) mass is 185 g/mol. The SMILES string of the molecule is O=C(O)[C@H]1NCCC1CCCBO. The molecule has 1 saturated heterocycles. The summed E-state index contributed by atoms with van der Waals surface area (Å²) in [7, 11) is 0.206. The Balaban J connectivity index is 2.27. The fourth-order valence-electron chi connectivity index (χ4n) is 1.88. The number of carboxylic acids is 1. The van der Waals surface area contributed by atoms with Gasteiger partial charge >= 0.3 is 5.97 Å². The lowest BCUT2D eigenvalue weighted by molar-refractivity contribution is -0.140. The van der Waals surface area contributed by atoms with Crippen LogP contribution in [0.3, 0.4) is 0 Å². The van der Waals surface area contributed by atoms with Crippen molar-refractivity contribution in [1.82, 2.24) is 5.32 Å². The van der Waals surface area contributed by atoms with E-state index >= 15 is 0 Å². The smallest absolute Gasteiger partial charge is 0.320 e. The van der Waals surface area contributed by atoms with Gasteiger partial charge in [-0.25, -0.2) is 0 Å². The molecule has 1 heterocycles. The summed E-state index contributed by atoms with van der Waals surface area (Å²) in [4.78, 5) is 10.7. The van der Waals surface area contributed by atoms with Crippen molar-refractivity contribution < 1.29 is 14.9 Å². The second-order valence-corrected chi connectivity index (χ2v) is 3.54. The first-order chi connectivity index (χ1) is 6.25. The van der Waals surface area contributed by atoms with E-state index in [2.05, 4.69) is 5.32 Å². The molecule has 13 heavy (non-hydrogen) atoms. The Labute approximate surface area is 78.6 Å². The van der Waals surface area contributed by atoms with Crippen molar-refractivity contribution in [3.8, 4) is 0 Å². The van der Waals surface area contributed by atoms with E-state index in [1.807, 2.05) is 0 Å². The van der Waals surface area contributed by atoms with Gasteiger partial charge in [0.25, 0.3) is 7.48 Å². The molecule has 1 aliphatic heterocycles. The summed E-state index contributed by atoms with van der Waals surface area (Å²) in [5.41, 5.74) is 0. The molecule has 0 aliphatic carbocycles. The van der Waals surface area contributed by atoms with Crippen molar-refractivity contribution in [3.63, 3.8) is 0 Å². The number of carbonyl (C=O) groups is 1. The van der Waals surface area contributed by atoms with E-state index in [1.54, 1.807) is 0 Å². The van der Waals surface area contributed by atoms with Gasteiger partial charge in [0.1, 0.15) is 6.04 Å². The highest BCUT2D eigenvalue weighted by molar-refractivity contribution is 6.25. The number of hydrogen-bond acceptors (Lipinski definition) is 3. The van der Waals surface area contributed by atoms with Gasteiger partial charge in [0.2, 0.25) is 0 Å². The zero-order chi connectivity index (χ0) is 9.68. The molecule has 3 N–H and O–H groups in total. The minimum absolute atomic E-state index is 0.206. The summed E-state index contributed by atoms with van der Waals surface area (Å²) in [5.74, 6) is -0.490. The minimum atomic E-state index is -0.744. The van der Waals surface area contributed by atoms with Crippen LogP contribution >= 0.6 is 0 Å². The maximum atomic E-state index is 10.7. The fourth-order valence-corrected chi connectivity index (χ4v) is 1.88. The fraction of sp³-hybridized carbons (Fsp3) is 0.875. The molecule has 1 fully saturated rings. The third-order valence-electron chi connectivity index (χ3n) is 2.60. The molecule has 1 rings (SSSR count). The molecule has 0 saturated carbocycles. The molecular formula is C8H16BNO3. The van der Waals surface area contributed by atoms with Crippen LogP contribution in [0.2, 0.25) is 6.32 Å². The molecule has 1 unspecified atom stereocenters. The van der Waals surface area contributed by atoms with Crippen LogP contribution in [-0.2, 0) is 4.79 Å². The first kappa shape index (κ1) is 10.5. The molecule has 0 aromatic heterocycles. The second-order valence-electron chi connectivity index (χ2n) is 3.54. The lowest BCUT2D eigenvalue weighted by atomic mass is 9.87. The van der Waals surface area contributed by atoms with E-state index in [9.17, 15) is 4.79 Å². The number of nitrogens with one attached hydrogen (secondary N) is 1. The quantitative estimate of drug-likeness (QED) is 0.402. The zero-order valence-corrected chi connectivity index (χ0v) is 7.70. The molecule has 74 valence electrons. The Morgan fingerprint density at radius 1 is 1.62 bits per heavy atom. The van der Waals surface area contributed by atoms with Gasteiger partial charge in [-0.1, -0.05) is 12.7 Å². The van der Waals surface area contributed by atoms with E-state index in [-0.39, 0.29) is 19.4 Å². The van der Waals surface area contributed by atoms with Crippen molar-refractivity contribution in [2.75, 3.05) is 6.54 Å². The van der Waals surface area contributed by atoms with Crippen molar-refractivity contribution in [2.45, 2.75) is 31.6 Å². The standard InChI is InChI=1S/C8H16BNO3/c11-8(12)7-6(3-5-10-7)2-1-4-9-13/h6-7,9-10,13H,1-5H2,(H,11,12)/t6?,7-/m0/s1. The number of carboxylic acid groups (broad SMARTS) is 1. The highest BCUT2D eigenvalue weighted by atomic mass is 16.4. The molecule has 0 spiro atoms. The predicted octanol–water partition coefficient (Wildman–Crippen LogP) is -0.409. The number of hydrogen-bond donors (Lipinski definition) is 3. The van der Waals surface area contributed by atoms with Crippen LogP contribution < -0.4 is 5.32 Å². The predicted molar refractivity (Wildman–Crippen MR) is 50.9 cm³/mol. The van der Waals surface area contributed by atoms with E-state index in [0.717, 1.165) is 32.1 Å². The summed E-state index contributed by atoms with van der Waals surface area (Å²) >= 11 is 0. The zero-order valence-electron chi connectivity index (χ0n) is 7.70. The van der Waals surface area contributed by atoms with Crippen LogP contribution in [0.25, 0.3) is 0 Å². The molecule has 5 heteroatoms. The molecule has 2 atom stereocenters. The number of aliphatic carboxylic acids is 1. The average Bonchev–Trinajstić information content (AvgIpc) is 2.53. The highest BCUT2D eigenvalue weighted by Gasteiger charge is 2.31. The summed E-state index contributed by atoms with van der Waals surface area (Å²) in [5, 5.41) is 20.4.